The smallest absolute Gasteiger partial charge is 0.129 e. The first kappa shape index (κ1) is 21.7. The molecule has 0 heterocycles. The van der Waals surface area contributed by atoms with Crippen LogP contribution < -0.4 is 10.2 Å². The fraction of sp³-hybridized carbons (Fsp3) is 0.0800. The van der Waals surface area contributed by atoms with Crippen molar-refractivity contribution in [3.05, 3.63) is 110 Å². The SMILES string of the molecule is Clc1cccc(Cl)c1CN/N=C\c1c(OCc2ccc(Br)cc2)ccc2ccccc12. The molecule has 0 spiro atoms. The average molecular weight is 514 g/mol. The molecule has 31 heavy (non-hydrogen) atoms. The van der Waals surface area contributed by atoms with Crippen molar-refractivity contribution in [2.75, 3.05) is 0 Å². The monoisotopic (exact) mass is 512 g/mol. The first-order valence-electron chi connectivity index (χ1n) is 9.69. The highest BCUT2D eigenvalue weighted by molar-refractivity contribution is 9.10. The second kappa shape index (κ2) is 10.2. The summed E-state index contributed by atoms with van der Waals surface area (Å²) in [5.74, 6) is 0.767. The number of fused-ring (bicyclic) bond motifs is 1. The van der Waals surface area contributed by atoms with Crippen LogP contribution in [0.1, 0.15) is 16.7 Å². The van der Waals surface area contributed by atoms with E-state index in [-0.39, 0.29) is 0 Å². The zero-order valence-electron chi connectivity index (χ0n) is 16.5. The Labute approximate surface area is 199 Å². The summed E-state index contributed by atoms with van der Waals surface area (Å²) in [6.07, 6.45) is 1.78. The van der Waals surface area contributed by atoms with Gasteiger partial charge in [0.2, 0.25) is 0 Å². The predicted molar refractivity (Wildman–Crippen MR) is 133 cm³/mol. The minimum absolute atomic E-state index is 0.425. The van der Waals surface area contributed by atoms with E-state index in [4.69, 9.17) is 27.9 Å². The van der Waals surface area contributed by atoms with E-state index in [2.05, 4.69) is 44.7 Å². The number of halogens is 3. The molecule has 0 aromatic heterocycles. The standard InChI is InChI=1S/C25H19BrCl2N2O/c26-19-11-8-17(9-12-19)16-31-25-13-10-18-4-1-2-5-20(18)21(25)14-29-30-15-22-23(27)6-3-7-24(22)28/h1-14,30H,15-16H2/b29-14-. The number of benzene rings is 4. The van der Waals surface area contributed by atoms with Crippen molar-refractivity contribution in [2.45, 2.75) is 13.2 Å². The van der Waals surface area contributed by atoms with Gasteiger partial charge in [0, 0.05) is 25.6 Å². The highest BCUT2D eigenvalue weighted by atomic mass is 79.9. The highest BCUT2D eigenvalue weighted by Gasteiger charge is 2.08. The fourth-order valence-corrected chi connectivity index (χ4v) is 4.01. The van der Waals surface area contributed by atoms with Crippen LogP contribution in [0.3, 0.4) is 0 Å². The summed E-state index contributed by atoms with van der Waals surface area (Å²) in [4.78, 5) is 0. The van der Waals surface area contributed by atoms with Gasteiger partial charge in [-0.3, -0.25) is 0 Å². The topological polar surface area (TPSA) is 33.6 Å². The minimum Gasteiger partial charge on any atom is -0.488 e. The molecule has 0 fully saturated rings. The molecule has 0 saturated carbocycles. The summed E-state index contributed by atoms with van der Waals surface area (Å²) in [6, 6.07) is 25.7. The summed E-state index contributed by atoms with van der Waals surface area (Å²) < 4.78 is 7.19. The van der Waals surface area contributed by atoms with E-state index in [1.165, 1.54) is 0 Å². The Kier molecular flexibility index (Phi) is 7.13. The summed E-state index contributed by atoms with van der Waals surface area (Å²) in [7, 11) is 0. The Morgan fingerprint density at radius 2 is 1.61 bits per heavy atom. The number of hydrogen-bond donors (Lipinski definition) is 1. The molecule has 4 rings (SSSR count). The molecule has 0 aliphatic heterocycles. The lowest BCUT2D eigenvalue weighted by molar-refractivity contribution is 0.306. The molecule has 4 aromatic carbocycles. The van der Waals surface area contributed by atoms with Crippen LogP contribution in [0.15, 0.2) is 88.4 Å². The molecule has 0 radical (unpaired) electrons. The normalized spacial score (nSPS) is 11.2. The van der Waals surface area contributed by atoms with Crippen LogP contribution in [-0.2, 0) is 13.2 Å². The number of nitrogens with zero attached hydrogens (tertiary/aromatic N) is 1. The molecule has 156 valence electrons. The van der Waals surface area contributed by atoms with E-state index >= 15 is 0 Å². The van der Waals surface area contributed by atoms with Crippen LogP contribution >= 0.6 is 39.1 Å². The van der Waals surface area contributed by atoms with Gasteiger partial charge in [-0.25, -0.2) is 0 Å². The molecule has 6 heteroatoms. The Balaban J connectivity index is 1.56. The molecule has 0 aliphatic rings. The number of hydrogen-bond acceptors (Lipinski definition) is 3. The summed E-state index contributed by atoms with van der Waals surface area (Å²) in [6.45, 7) is 0.893. The fourth-order valence-electron chi connectivity index (χ4n) is 3.21. The Bertz CT molecular complexity index is 1210. The number of rotatable bonds is 7. The van der Waals surface area contributed by atoms with Crippen LogP contribution in [0.25, 0.3) is 10.8 Å². The van der Waals surface area contributed by atoms with Crippen molar-refractivity contribution in [3.8, 4) is 5.75 Å². The lowest BCUT2D eigenvalue weighted by Gasteiger charge is -2.12. The lowest BCUT2D eigenvalue weighted by atomic mass is 10.0. The molecule has 1 N–H and O–H groups in total. The summed E-state index contributed by atoms with van der Waals surface area (Å²) >= 11 is 15.9. The third-order valence-corrected chi connectivity index (χ3v) is 6.08. The number of ether oxygens (including phenoxy) is 1. The van der Waals surface area contributed by atoms with Crippen molar-refractivity contribution >= 4 is 56.1 Å². The van der Waals surface area contributed by atoms with Crippen LogP contribution in [-0.4, -0.2) is 6.21 Å². The Hall–Kier alpha value is -2.53. The van der Waals surface area contributed by atoms with E-state index in [1.54, 1.807) is 6.21 Å². The molecular weight excluding hydrogens is 495 g/mol. The molecule has 0 unspecified atom stereocenters. The van der Waals surface area contributed by atoms with Crippen LogP contribution in [0.5, 0.6) is 5.75 Å². The van der Waals surface area contributed by atoms with E-state index < -0.39 is 0 Å². The zero-order chi connectivity index (χ0) is 21.6. The first-order chi connectivity index (χ1) is 15.1. The van der Waals surface area contributed by atoms with Gasteiger partial charge in [0.1, 0.15) is 12.4 Å². The number of hydrazone groups is 1. The van der Waals surface area contributed by atoms with E-state index in [0.717, 1.165) is 37.7 Å². The summed E-state index contributed by atoms with van der Waals surface area (Å²) in [5, 5.41) is 7.82. The maximum absolute atomic E-state index is 6.24. The van der Waals surface area contributed by atoms with Gasteiger partial charge in [0.25, 0.3) is 0 Å². The van der Waals surface area contributed by atoms with Gasteiger partial charge < -0.3 is 10.2 Å². The van der Waals surface area contributed by atoms with Gasteiger partial charge in [-0.1, -0.05) is 87.7 Å². The summed E-state index contributed by atoms with van der Waals surface area (Å²) in [5.41, 5.74) is 5.85. The van der Waals surface area contributed by atoms with Gasteiger partial charge in [0.15, 0.2) is 0 Å². The third-order valence-electron chi connectivity index (χ3n) is 4.84. The van der Waals surface area contributed by atoms with Crippen molar-refractivity contribution in [2.24, 2.45) is 5.10 Å². The lowest BCUT2D eigenvalue weighted by Crippen LogP contribution is -2.07. The molecule has 0 saturated heterocycles. The molecule has 0 bridgehead atoms. The maximum atomic E-state index is 6.24. The maximum Gasteiger partial charge on any atom is 0.129 e. The number of nitrogens with one attached hydrogen (secondary N) is 1. The quantitative estimate of drug-likeness (QED) is 0.204. The van der Waals surface area contributed by atoms with Crippen LogP contribution in [0.4, 0.5) is 0 Å². The predicted octanol–water partition coefficient (Wildman–Crippen LogP) is 7.61. The van der Waals surface area contributed by atoms with Gasteiger partial charge in [-0.2, -0.15) is 5.10 Å². The molecule has 0 atom stereocenters. The molecule has 3 nitrogen and oxygen atoms in total. The van der Waals surface area contributed by atoms with Crippen molar-refractivity contribution in [3.63, 3.8) is 0 Å². The molecule has 0 aliphatic carbocycles. The highest BCUT2D eigenvalue weighted by Crippen LogP contribution is 2.28. The molecule has 0 amide bonds. The van der Waals surface area contributed by atoms with Gasteiger partial charge in [-0.05, 0) is 46.7 Å². The van der Waals surface area contributed by atoms with E-state index in [0.29, 0.717) is 23.2 Å². The first-order valence-corrected chi connectivity index (χ1v) is 11.2. The Morgan fingerprint density at radius 1 is 0.871 bits per heavy atom. The second-order valence-corrected chi connectivity index (χ2v) is 8.64. The zero-order valence-corrected chi connectivity index (χ0v) is 19.6. The third kappa shape index (κ3) is 5.40. The van der Waals surface area contributed by atoms with E-state index in [1.807, 2.05) is 60.7 Å². The largest absolute Gasteiger partial charge is 0.488 e. The Morgan fingerprint density at radius 3 is 2.39 bits per heavy atom. The molecule has 4 aromatic rings. The van der Waals surface area contributed by atoms with E-state index in [9.17, 15) is 0 Å². The second-order valence-electron chi connectivity index (χ2n) is 6.91. The average Bonchev–Trinajstić information content (AvgIpc) is 2.78. The van der Waals surface area contributed by atoms with Crippen LogP contribution in [0.2, 0.25) is 10.0 Å². The van der Waals surface area contributed by atoms with Gasteiger partial charge in [-0.15, -0.1) is 0 Å². The minimum atomic E-state index is 0.425. The van der Waals surface area contributed by atoms with Crippen LogP contribution in [0, 0.1) is 0 Å². The van der Waals surface area contributed by atoms with Crippen molar-refractivity contribution in [1.82, 2.24) is 5.43 Å². The van der Waals surface area contributed by atoms with Gasteiger partial charge >= 0.3 is 0 Å². The van der Waals surface area contributed by atoms with Gasteiger partial charge in [0.05, 0.1) is 12.8 Å². The molecular formula is C25H19BrCl2N2O. The van der Waals surface area contributed by atoms with Crippen molar-refractivity contribution in [1.29, 1.82) is 0 Å². The van der Waals surface area contributed by atoms with Crippen molar-refractivity contribution < 1.29 is 4.74 Å².